The van der Waals surface area contributed by atoms with Gasteiger partial charge in [-0.1, -0.05) is 23.4 Å². The lowest BCUT2D eigenvalue weighted by atomic mass is 10.2. The van der Waals surface area contributed by atoms with Crippen LogP contribution in [0.5, 0.6) is 0 Å². The number of benzene rings is 1. The van der Waals surface area contributed by atoms with Gasteiger partial charge in [0.1, 0.15) is 0 Å². The molecule has 0 bridgehead atoms. The van der Waals surface area contributed by atoms with Crippen molar-refractivity contribution in [1.82, 2.24) is 25.9 Å². The number of aryl methyl sites for hydroxylation is 1. The van der Waals surface area contributed by atoms with Crippen molar-refractivity contribution in [2.24, 2.45) is 0 Å². The summed E-state index contributed by atoms with van der Waals surface area (Å²) in [5.74, 6) is 0.806. The van der Waals surface area contributed by atoms with Crippen LogP contribution in [0.15, 0.2) is 29.2 Å². The molecule has 0 atom stereocenters. The molecule has 0 radical (unpaired) electrons. The number of amides is 1. The van der Waals surface area contributed by atoms with E-state index in [0.29, 0.717) is 18.1 Å². The van der Waals surface area contributed by atoms with Gasteiger partial charge >= 0.3 is 0 Å². The molecule has 0 saturated heterocycles. The molecule has 0 aliphatic rings. The molecule has 0 unspecified atom stereocenters. The molecule has 1 heterocycles. The topological polar surface area (TPSA) is 83.6 Å². The number of aromatic nitrogens is 4. The van der Waals surface area contributed by atoms with Crippen LogP contribution in [-0.4, -0.2) is 32.3 Å². The normalized spacial score (nSPS) is 10.3. The maximum Gasteiger partial charge on any atom is 0.230 e. The lowest BCUT2D eigenvalue weighted by molar-refractivity contribution is -0.118. The Kier molecular flexibility index (Phi) is 4.30. The van der Waals surface area contributed by atoms with Gasteiger partial charge in [0.15, 0.2) is 5.82 Å². The highest BCUT2D eigenvalue weighted by Gasteiger charge is 2.05. The molecule has 2 N–H and O–H groups in total. The maximum absolute atomic E-state index is 11.6. The maximum atomic E-state index is 11.6. The molecule has 0 saturated carbocycles. The van der Waals surface area contributed by atoms with E-state index in [0.717, 1.165) is 4.90 Å². The van der Waals surface area contributed by atoms with Crippen LogP contribution in [0, 0.1) is 6.92 Å². The summed E-state index contributed by atoms with van der Waals surface area (Å²) in [7, 11) is 0. The van der Waals surface area contributed by atoms with E-state index >= 15 is 0 Å². The first-order valence-corrected chi connectivity index (χ1v) is 6.41. The standard InChI is InChI=1S/C11H13N5OS/c1-8-4-2-3-5-9(8)18-7-11(17)12-6-10-13-15-16-14-10/h2-5H,6-7H2,1H3,(H,12,17)(H,13,14,15,16). The molecule has 1 aromatic heterocycles. The van der Waals surface area contributed by atoms with Crippen LogP contribution >= 0.6 is 11.8 Å². The Bertz CT molecular complexity index is 514. The highest BCUT2D eigenvalue weighted by atomic mass is 32.2. The lowest BCUT2D eigenvalue weighted by Crippen LogP contribution is -2.25. The summed E-state index contributed by atoms with van der Waals surface area (Å²) < 4.78 is 0. The van der Waals surface area contributed by atoms with Gasteiger partial charge in [-0.2, -0.15) is 5.21 Å². The Morgan fingerprint density at radius 1 is 1.44 bits per heavy atom. The van der Waals surface area contributed by atoms with Crippen molar-refractivity contribution >= 4 is 17.7 Å². The number of thioether (sulfide) groups is 1. The Labute approximate surface area is 109 Å². The van der Waals surface area contributed by atoms with E-state index in [9.17, 15) is 4.79 Å². The highest BCUT2D eigenvalue weighted by Crippen LogP contribution is 2.21. The summed E-state index contributed by atoms with van der Waals surface area (Å²) in [6.45, 7) is 2.32. The van der Waals surface area contributed by atoms with Crippen molar-refractivity contribution in [3.8, 4) is 0 Å². The second-order valence-electron chi connectivity index (χ2n) is 3.66. The molecule has 6 nitrogen and oxygen atoms in total. The Morgan fingerprint density at radius 3 is 3.00 bits per heavy atom. The molecule has 18 heavy (non-hydrogen) atoms. The van der Waals surface area contributed by atoms with Crippen molar-refractivity contribution < 1.29 is 4.79 Å². The highest BCUT2D eigenvalue weighted by molar-refractivity contribution is 8.00. The van der Waals surface area contributed by atoms with E-state index < -0.39 is 0 Å². The third kappa shape index (κ3) is 3.56. The summed E-state index contributed by atoms with van der Waals surface area (Å²) in [6.07, 6.45) is 0. The van der Waals surface area contributed by atoms with Crippen LogP contribution in [0.3, 0.4) is 0 Å². The van der Waals surface area contributed by atoms with Gasteiger partial charge in [-0.15, -0.1) is 22.0 Å². The fourth-order valence-electron chi connectivity index (χ4n) is 1.35. The first-order chi connectivity index (χ1) is 8.75. The van der Waals surface area contributed by atoms with Gasteiger partial charge in [0, 0.05) is 4.90 Å². The molecule has 0 aliphatic carbocycles. The molecule has 0 spiro atoms. The number of tetrazole rings is 1. The van der Waals surface area contributed by atoms with Crippen LogP contribution in [0.4, 0.5) is 0 Å². The fourth-order valence-corrected chi connectivity index (χ4v) is 2.21. The summed E-state index contributed by atoms with van der Waals surface area (Å²) in [6, 6.07) is 7.98. The fraction of sp³-hybridized carbons (Fsp3) is 0.273. The van der Waals surface area contributed by atoms with E-state index in [1.165, 1.54) is 17.3 Å². The van der Waals surface area contributed by atoms with Crippen LogP contribution in [-0.2, 0) is 11.3 Å². The number of aromatic amines is 1. The average molecular weight is 263 g/mol. The van der Waals surface area contributed by atoms with Gasteiger partial charge in [-0.05, 0) is 18.6 Å². The molecule has 2 aromatic rings. The van der Waals surface area contributed by atoms with E-state index in [-0.39, 0.29) is 5.91 Å². The number of carbonyl (C=O) groups excluding carboxylic acids is 1. The van der Waals surface area contributed by atoms with Gasteiger partial charge in [0.2, 0.25) is 5.91 Å². The molecule has 0 aliphatic heterocycles. The monoisotopic (exact) mass is 263 g/mol. The van der Waals surface area contributed by atoms with Crippen LogP contribution < -0.4 is 5.32 Å². The second kappa shape index (κ2) is 6.15. The van der Waals surface area contributed by atoms with Gasteiger partial charge in [0.05, 0.1) is 12.3 Å². The van der Waals surface area contributed by atoms with Gasteiger partial charge in [-0.3, -0.25) is 4.79 Å². The quantitative estimate of drug-likeness (QED) is 0.784. The molecule has 2 rings (SSSR count). The molecule has 94 valence electrons. The third-order valence-electron chi connectivity index (χ3n) is 2.29. The zero-order chi connectivity index (χ0) is 12.8. The summed E-state index contributed by atoms with van der Waals surface area (Å²) in [4.78, 5) is 12.7. The molecular formula is C11H13N5OS. The zero-order valence-electron chi connectivity index (χ0n) is 9.88. The second-order valence-corrected chi connectivity index (χ2v) is 4.68. The average Bonchev–Trinajstić information content (AvgIpc) is 2.88. The molecule has 7 heteroatoms. The van der Waals surface area contributed by atoms with Crippen LogP contribution in [0.1, 0.15) is 11.4 Å². The number of carbonyl (C=O) groups is 1. The first-order valence-electron chi connectivity index (χ1n) is 5.43. The van der Waals surface area contributed by atoms with E-state index in [1.807, 2.05) is 31.2 Å². The van der Waals surface area contributed by atoms with Crippen molar-refractivity contribution in [3.63, 3.8) is 0 Å². The predicted octanol–water partition coefficient (Wildman–Crippen LogP) is 0.917. The SMILES string of the molecule is Cc1ccccc1SCC(=O)NCc1nn[nH]n1. The summed E-state index contributed by atoms with van der Waals surface area (Å²) in [5, 5.41) is 16.0. The number of H-pyrrole nitrogens is 1. The van der Waals surface area contributed by atoms with Crippen LogP contribution in [0.2, 0.25) is 0 Å². The summed E-state index contributed by atoms with van der Waals surface area (Å²) >= 11 is 1.52. The van der Waals surface area contributed by atoms with Crippen molar-refractivity contribution in [2.75, 3.05) is 5.75 Å². The van der Waals surface area contributed by atoms with Gasteiger partial charge < -0.3 is 5.32 Å². The lowest BCUT2D eigenvalue weighted by Gasteiger charge is -2.05. The Morgan fingerprint density at radius 2 is 2.28 bits per heavy atom. The predicted molar refractivity (Wildman–Crippen MR) is 67.9 cm³/mol. The van der Waals surface area contributed by atoms with Crippen LogP contribution in [0.25, 0.3) is 0 Å². The van der Waals surface area contributed by atoms with Gasteiger partial charge in [0.25, 0.3) is 0 Å². The van der Waals surface area contributed by atoms with Gasteiger partial charge in [-0.25, -0.2) is 0 Å². The number of nitrogens with one attached hydrogen (secondary N) is 2. The van der Waals surface area contributed by atoms with Crippen molar-refractivity contribution in [1.29, 1.82) is 0 Å². The smallest absolute Gasteiger partial charge is 0.230 e. The minimum Gasteiger partial charge on any atom is -0.348 e. The molecule has 0 fully saturated rings. The number of nitrogens with zero attached hydrogens (tertiary/aromatic N) is 3. The molecule has 1 amide bonds. The first kappa shape index (κ1) is 12.6. The van der Waals surface area contributed by atoms with Crippen molar-refractivity contribution in [3.05, 3.63) is 35.7 Å². The number of hydrogen-bond acceptors (Lipinski definition) is 5. The minimum absolute atomic E-state index is 0.0481. The minimum atomic E-state index is -0.0481. The Hall–Kier alpha value is -1.89. The molecular weight excluding hydrogens is 250 g/mol. The van der Waals surface area contributed by atoms with E-state index in [4.69, 9.17) is 0 Å². The zero-order valence-corrected chi connectivity index (χ0v) is 10.7. The number of hydrogen-bond donors (Lipinski definition) is 2. The molecule has 1 aromatic carbocycles. The number of rotatable bonds is 5. The largest absolute Gasteiger partial charge is 0.348 e. The Balaban J connectivity index is 1.77. The summed E-state index contributed by atoms with van der Waals surface area (Å²) in [5.41, 5.74) is 1.17. The van der Waals surface area contributed by atoms with E-state index in [1.54, 1.807) is 0 Å². The van der Waals surface area contributed by atoms with E-state index in [2.05, 4.69) is 25.9 Å². The van der Waals surface area contributed by atoms with Crippen molar-refractivity contribution in [2.45, 2.75) is 18.4 Å². The third-order valence-corrected chi connectivity index (χ3v) is 3.46.